The van der Waals surface area contributed by atoms with Gasteiger partial charge < -0.3 is 19.0 Å². The van der Waals surface area contributed by atoms with E-state index in [0.717, 1.165) is 6.26 Å². The summed E-state index contributed by atoms with van der Waals surface area (Å²) in [4.78, 5) is 22.5. The molecule has 6 nitrogen and oxygen atoms in total. The smallest absolute Gasteiger partial charge is 0.339 e. The monoisotopic (exact) mass is 224 g/mol. The Morgan fingerprint density at radius 1 is 1.44 bits per heavy atom. The molecule has 1 aromatic heterocycles. The number of rotatable bonds is 1. The van der Waals surface area contributed by atoms with E-state index >= 15 is 0 Å². The largest absolute Gasteiger partial charge is 0.478 e. The van der Waals surface area contributed by atoms with Gasteiger partial charge in [0.05, 0.1) is 18.8 Å². The molecular formula is C10H8O6. The predicted octanol–water partition coefficient (Wildman–Crippen LogP) is 0.416. The van der Waals surface area contributed by atoms with E-state index in [2.05, 4.69) is 0 Å². The van der Waals surface area contributed by atoms with Gasteiger partial charge in [0.15, 0.2) is 17.1 Å². The number of ketones is 1. The van der Waals surface area contributed by atoms with E-state index in [1.54, 1.807) is 0 Å². The zero-order valence-electron chi connectivity index (χ0n) is 8.19. The molecule has 0 radical (unpaired) electrons. The number of Topliss-reactive ketones (excluding diaryl/α,β-unsaturated/α-hetero) is 1. The summed E-state index contributed by atoms with van der Waals surface area (Å²) in [5.74, 6) is -1.25. The second kappa shape index (κ2) is 2.93. The minimum Gasteiger partial charge on any atom is -0.478 e. The fraction of sp³-hybridized carbons (Fsp3) is 0.400. The van der Waals surface area contributed by atoms with Gasteiger partial charge in [0.1, 0.15) is 18.4 Å². The second-order valence-electron chi connectivity index (χ2n) is 3.86. The van der Waals surface area contributed by atoms with Crippen LogP contribution in [-0.4, -0.2) is 36.7 Å². The minimum absolute atomic E-state index is 0.102. The lowest BCUT2D eigenvalue weighted by Gasteiger charge is -2.41. The Bertz CT molecular complexity index is 481. The van der Waals surface area contributed by atoms with Crippen LogP contribution in [0.4, 0.5) is 0 Å². The Kier molecular flexibility index (Phi) is 1.75. The Balaban J connectivity index is 2.18. The Labute approximate surface area is 89.7 Å². The Morgan fingerprint density at radius 2 is 2.19 bits per heavy atom. The van der Waals surface area contributed by atoms with E-state index in [0.29, 0.717) is 13.2 Å². The van der Waals surface area contributed by atoms with Crippen LogP contribution in [0.5, 0.6) is 0 Å². The van der Waals surface area contributed by atoms with Crippen LogP contribution in [0.2, 0.25) is 0 Å². The molecule has 0 bridgehead atoms. The van der Waals surface area contributed by atoms with Crippen molar-refractivity contribution < 1.29 is 28.6 Å². The van der Waals surface area contributed by atoms with Crippen LogP contribution in [-0.2, 0) is 15.1 Å². The molecule has 1 saturated heterocycles. The van der Waals surface area contributed by atoms with Crippen LogP contribution >= 0.6 is 0 Å². The van der Waals surface area contributed by atoms with Crippen LogP contribution in [0.15, 0.2) is 10.7 Å². The van der Waals surface area contributed by atoms with E-state index in [9.17, 15) is 9.59 Å². The number of ether oxygens (including phenoxy) is 2. The summed E-state index contributed by atoms with van der Waals surface area (Å²) >= 11 is 0. The van der Waals surface area contributed by atoms with Gasteiger partial charge in [-0.1, -0.05) is 0 Å². The van der Waals surface area contributed by atoms with Gasteiger partial charge in [-0.2, -0.15) is 0 Å². The molecule has 6 heteroatoms. The van der Waals surface area contributed by atoms with E-state index in [1.807, 2.05) is 0 Å². The van der Waals surface area contributed by atoms with Crippen LogP contribution in [0, 0.1) is 0 Å². The predicted molar refractivity (Wildman–Crippen MR) is 48.4 cm³/mol. The third-order valence-corrected chi connectivity index (χ3v) is 2.86. The fourth-order valence-electron chi connectivity index (χ4n) is 1.97. The molecule has 2 aliphatic heterocycles. The molecule has 1 spiro atoms. The quantitative estimate of drug-likeness (QED) is 0.743. The van der Waals surface area contributed by atoms with Gasteiger partial charge in [-0.25, -0.2) is 4.79 Å². The first-order valence-electron chi connectivity index (χ1n) is 4.74. The van der Waals surface area contributed by atoms with Crippen molar-refractivity contribution in [3.8, 4) is 0 Å². The lowest BCUT2D eigenvalue weighted by molar-refractivity contribution is -0.223. The zero-order chi connectivity index (χ0) is 11.3. The molecule has 16 heavy (non-hydrogen) atoms. The van der Waals surface area contributed by atoms with Gasteiger partial charge in [-0.05, 0) is 0 Å². The van der Waals surface area contributed by atoms with Crippen molar-refractivity contribution in [3.63, 3.8) is 0 Å². The summed E-state index contributed by atoms with van der Waals surface area (Å²) in [6.07, 6.45) is 1.08. The van der Waals surface area contributed by atoms with Gasteiger partial charge in [-0.3, -0.25) is 4.79 Å². The lowest BCUT2D eigenvalue weighted by Crippen LogP contribution is -2.52. The molecule has 0 atom stereocenters. The zero-order valence-corrected chi connectivity index (χ0v) is 8.19. The van der Waals surface area contributed by atoms with Crippen LogP contribution < -0.4 is 0 Å². The van der Waals surface area contributed by atoms with Gasteiger partial charge in [0.2, 0.25) is 0 Å². The van der Waals surface area contributed by atoms with Gasteiger partial charge >= 0.3 is 5.97 Å². The first-order valence-corrected chi connectivity index (χ1v) is 4.74. The molecule has 3 rings (SSSR count). The molecule has 84 valence electrons. The summed E-state index contributed by atoms with van der Waals surface area (Å²) in [5, 5.41) is 8.92. The molecule has 0 amide bonds. The number of fused-ring (bicyclic) bond motifs is 2. The van der Waals surface area contributed by atoms with Crippen LogP contribution in [0.1, 0.15) is 26.5 Å². The lowest BCUT2D eigenvalue weighted by atomic mass is 9.89. The van der Waals surface area contributed by atoms with E-state index in [1.165, 1.54) is 0 Å². The first-order chi connectivity index (χ1) is 7.64. The van der Waals surface area contributed by atoms with Crippen molar-refractivity contribution in [3.05, 3.63) is 23.2 Å². The maximum absolute atomic E-state index is 11.6. The number of aromatic carboxylic acids is 1. The summed E-state index contributed by atoms with van der Waals surface area (Å²) in [7, 11) is 0. The van der Waals surface area contributed by atoms with Crippen LogP contribution in [0.3, 0.4) is 0 Å². The molecule has 3 heterocycles. The van der Waals surface area contributed by atoms with Gasteiger partial charge in [0.25, 0.3) is 0 Å². The Hall–Kier alpha value is -1.66. The normalized spacial score (nSPS) is 21.6. The molecular weight excluding hydrogens is 216 g/mol. The Morgan fingerprint density at radius 3 is 2.75 bits per heavy atom. The topological polar surface area (TPSA) is 86.0 Å². The van der Waals surface area contributed by atoms with Crippen molar-refractivity contribution in [2.45, 2.75) is 5.60 Å². The van der Waals surface area contributed by atoms with Gasteiger partial charge in [-0.15, -0.1) is 0 Å². The number of carboxylic acids is 1. The average Bonchev–Trinajstić information content (AvgIpc) is 2.61. The van der Waals surface area contributed by atoms with Gasteiger partial charge in [0, 0.05) is 0 Å². The molecule has 1 N–H and O–H groups in total. The average molecular weight is 224 g/mol. The molecule has 0 saturated carbocycles. The third kappa shape index (κ3) is 1.03. The van der Waals surface area contributed by atoms with E-state index in [-0.39, 0.29) is 29.3 Å². The van der Waals surface area contributed by atoms with Crippen molar-refractivity contribution in [1.82, 2.24) is 0 Å². The highest BCUT2D eigenvalue weighted by molar-refractivity contribution is 6.07. The summed E-state index contributed by atoms with van der Waals surface area (Å²) in [6.45, 7) is 0.454. The highest BCUT2D eigenvalue weighted by atomic mass is 16.6. The van der Waals surface area contributed by atoms with Crippen LogP contribution in [0.25, 0.3) is 0 Å². The standard InChI is InChI=1S/C10H8O6/c11-6-2-16-10(3-14-4-10)8-7(6)5(1-15-8)9(12)13/h1H,2-4H2,(H,12,13). The van der Waals surface area contributed by atoms with E-state index in [4.69, 9.17) is 19.0 Å². The molecule has 2 aliphatic rings. The highest BCUT2D eigenvalue weighted by Crippen LogP contribution is 2.40. The minimum atomic E-state index is -1.17. The maximum Gasteiger partial charge on any atom is 0.339 e. The number of carboxylic acid groups (broad SMARTS) is 1. The summed E-state index contributed by atoms with van der Waals surface area (Å²) < 4.78 is 15.6. The molecule has 0 aliphatic carbocycles. The SMILES string of the molecule is O=C(O)c1coc2c1C(=O)COC21COC1. The molecule has 1 fully saturated rings. The number of hydrogen-bond donors (Lipinski definition) is 1. The molecule has 0 unspecified atom stereocenters. The molecule has 1 aromatic rings. The van der Waals surface area contributed by atoms with Crippen molar-refractivity contribution in [2.24, 2.45) is 0 Å². The third-order valence-electron chi connectivity index (χ3n) is 2.86. The first kappa shape index (κ1) is 9.56. The maximum atomic E-state index is 11.6. The summed E-state index contributed by atoms with van der Waals surface area (Å²) in [5.41, 5.74) is -0.728. The fourth-order valence-corrected chi connectivity index (χ4v) is 1.97. The second-order valence-corrected chi connectivity index (χ2v) is 3.86. The number of furan rings is 1. The number of carbonyl (C=O) groups is 2. The van der Waals surface area contributed by atoms with Crippen molar-refractivity contribution >= 4 is 11.8 Å². The van der Waals surface area contributed by atoms with Crippen molar-refractivity contribution in [1.29, 1.82) is 0 Å². The molecule has 0 aromatic carbocycles. The number of hydrogen-bond acceptors (Lipinski definition) is 5. The summed E-state index contributed by atoms with van der Waals surface area (Å²) in [6, 6.07) is 0. The number of carbonyl (C=O) groups excluding carboxylic acids is 1. The van der Waals surface area contributed by atoms with Crippen molar-refractivity contribution in [2.75, 3.05) is 19.8 Å². The highest BCUT2D eigenvalue weighted by Gasteiger charge is 2.51. The van der Waals surface area contributed by atoms with E-state index < -0.39 is 11.6 Å².